The maximum atomic E-state index is 12.2. The molecule has 0 amide bonds. The van der Waals surface area contributed by atoms with E-state index in [0.29, 0.717) is 11.4 Å². The molecule has 2 aromatic rings. The summed E-state index contributed by atoms with van der Waals surface area (Å²) >= 11 is 0. The fraction of sp³-hybridized carbons (Fsp3) is 0.286. The van der Waals surface area contributed by atoms with Crippen molar-refractivity contribution in [1.82, 2.24) is 9.29 Å². The smallest absolute Gasteiger partial charge is 0.242 e. The van der Waals surface area contributed by atoms with Gasteiger partial charge in [-0.05, 0) is 12.1 Å². The third kappa shape index (κ3) is 3.44. The van der Waals surface area contributed by atoms with Gasteiger partial charge in [-0.25, -0.2) is 13.1 Å². The van der Waals surface area contributed by atoms with E-state index in [-0.39, 0.29) is 18.0 Å². The van der Waals surface area contributed by atoms with Crippen LogP contribution in [0.3, 0.4) is 0 Å². The highest BCUT2D eigenvalue weighted by Crippen LogP contribution is 2.19. The molecule has 0 spiro atoms. The van der Waals surface area contributed by atoms with Crippen molar-refractivity contribution < 1.29 is 18.3 Å². The molecule has 0 bridgehead atoms. The summed E-state index contributed by atoms with van der Waals surface area (Å²) in [7, 11) is -0.408. The van der Waals surface area contributed by atoms with Crippen LogP contribution in [0.1, 0.15) is 11.3 Å². The van der Waals surface area contributed by atoms with E-state index in [2.05, 4.69) is 4.72 Å². The average Bonchev–Trinajstić information content (AvgIpc) is 2.87. The zero-order valence-corrected chi connectivity index (χ0v) is 12.7. The van der Waals surface area contributed by atoms with Gasteiger partial charge >= 0.3 is 0 Å². The van der Waals surface area contributed by atoms with Crippen molar-refractivity contribution in [2.45, 2.75) is 18.0 Å². The predicted molar refractivity (Wildman–Crippen MR) is 78.4 cm³/mol. The summed E-state index contributed by atoms with van der Waals surface area (Å²) in [4.78, 5) is 0.129. The molecule has 0 unspecified atom stereocenters. The lowest BCUT2D eigenvalue weighted by Gasteiger charge is -2.09. The number of hydrogen-bond donors (Lipinski definition) is 2. The minimum absolute atomic E-state index is 0.129. The molecular formula is C14H18N2O4S. The van der Waals surface area contributed by atoms with Gasteiger partial charge in [-0.1, -0.05) is 18.2 Å². The zero-order valence-electron chi connectivity index (χ0n) is 11.9. The van der Waals surface area contributed by atoms with Gasteiger partial charge in [-0.15, -0.1) is 0 Å². The minimum atomic E-state index is -3.63. The highest BCUT2D eigenvalue weighted by molar-refractivity contribution is 7.89. The highest BCUT2D eigenvalue weighted by Gasteiger charge is 2.17. The van der Waals surface area contributed by atoms with Gasteiger partial charge in [0.25, 0.3) is 0 Å². The van der Waals surface area contributed by atoms with Crippen LogP contribution in [0, 0.1) is 0 Å². The Labute approximate surface area is 124 Å². The van der Waals surface area contributed by atoms with Crippen molar-refractivity contribution in [2.24, 2.45) is 7.05 Å². The molecule has 0 atom stereocenters. The summed E-state index contributed by atoms with van der Waals surface area (Å²) in [5, 5.41) is 9.12. The van der Waals surface area contributed by atoms with E-state index in [1.807, 2.05) is 12.1 Å². The maximum absolute atomic E-state index is 12.2. The number of ether oxygens (including phenoxy) is 1. The number of para-hydroxylation sites is 1. The van der Waals surface area contributed by atoms with E-state index in [1.165, 1.54) is 19.4 Å². The van der Waals surface area contributed by atoms with Crippen LogP contribution in [-0.4, -0.2) is 25.2 Å². The van der Waals surface area contributed by atoms with E-state index in [0.717, 1.165) is 5.56 Å². The lowest BCUT2D eigenvalue weighted by atomic mass is 10.2. The number of aliphatic hydroxyl groups excluding tert-OH is 1. The second kappa shape index (κ2) is 6.30. The van der Waals surface area contributed by atoms with Crippen molar-refractivity contribution in [3.05, 3.63) is 47.8 Å². The fourth-order valence-corrected chi connectivity index (χ4v) is 3.09. The van der Waals surface area contributed by atoms with E-state index in [4.69, 9.17) is 9.84 Å². The first-order chi connectivity index (χ1) is 9.97. The van der Waals surface area contributed by atoms with Gasteiger partial charge in [0.1, 0.15) is 5.75 Å². The number of nitrogens with one attached hydrogen (secondary N) is 1. The molecule has 1 heterocycles. The number of aromatic nitrogens is 1. The van der Waals surface area contributed by atoms with Crippen molar-refractivity contribution in [2.75, 3.05) is 7.11 Å². The zero-order chi connectivity index (χ0) is 15.5. The summed E-state index contributed by atoms with van der Waals surface area (Å²) in [5.74, 6) is 0.629. The number of aryl methyl sites for hydroxylation is 1. The number of rotatable bonds is 6. The third-order valence-corrected chi connectivity index (χ3v) is 4.57. The van der Waals surface area contributed by atoms with E-state index in [9.17, 15) is 8.42 Å². The van der Waals surface area contributed by atoms with Crippen LogP contribution < -0.4 is 9.46 Å². The summed E-state index contributed by atoms with van der Waals surface area (Å²) in [5.41, 5.74) is 1.29. The Bertz CT molecular complexity index is 722. The molecule has 2 N–H and O–H groups in total. The van der Waals surface area contributed by atoms with E-state index in [1.54, 1.807) is 23.7 Å². The van der Waals surface area contributed by atoms with Gasteiger partial charge in [-0.2, -0.15) is 0 Å². The maximum Gasteiger partial charge on any atom is 0.242 e. The summed E-state index contributed by atoms with van der Waals surface area (Å²) in [6.45, 7) is -0.0752. The Morgan fingerprint density at radius 2 is 2.05 bits per heavy atom. The number of sulfonamides is 1. The van der Waals surface area contributed by atoms with Crippen LogP contribution in [0.15, 0.2) is 41.4 Å². The molecule has 1 aromatic carbocycles. The van der Waals surface area contributed by atoms with E-state index < -0.39 is 10.0 Å². The number of benzene rings is 1. The Balaban J connectivity index is 2.17. The Morgan fingerprint density at radius 1 is 1.33 bits per heavy atom. The van der Waals surface area contributed by atoms with Gasteiger partial charge in [0.2, 0.25) is 10.0 Å². The fourth-order valence-electron chi connectivity index (χ4n) is 1.99. The van der Waals surface area contributed by atoms with Crippen LogP contribution in [0.4, 0.5) is 0 Å². The summed E-state index contributed by atoms with van der Waals surface area (Å²) < 4.78 is 33.8. The second-order valence-corrected chi connectivity index (χ2v) is 6.34. The van der Waals surface area contributed by atoms with Crippen LogP contribution in [0.2, 0.25) is 0 Å². The largest absolute Gasteiger partial charge is 0.496 e. The Morgan fingerprint density at radius 3 is 2.67 bits per heavy atom. The van der Waals surface area contributed by atoms with Gasteiger partial charge in [-0.3, -0.25) is 0 Å². The van der Waals surface area contributed by atoms with Crippen LogP contribution in [-0.2, 0) is 30.2 Å². The SMILES string of the molecule is COc1ccccc1CNS(=O)(=O)c1cc(CO)n(C)c1. The van der Waals surface area contributed by atoms with Gasteiger partial charge in [0.05, 0.1) is 18.6 Å². The Hall–Kier alpha value is -1.83. The second-order valence-electron chi connectivity index (χ2n) is 4.57. The van der Waals surface area contributed by atoms with Crippen molar-refractivity contribution >= 4 is 10.0 Å². The number of aliphatic hydroxyl groups is 1. The van der Waals surface area contributed by atoms with Crippen LogP contribution in [0.5, 0.6) is 5.75 Å². The molecule has 0 aliphatic carbocycles. The predicted octanol–water partition coefficient (Wildman–Crippen LogP) is 1.00. The van der Waals surface area contributed by atoms with Crippen molar-refractivity contribution in [1.29, 1.82) is 0 Å². The lowest BCUT2D eigenvalue weighted by molar-refractivity contribution is 0.272. The monoisotopic (exact) mass is 310 g/mol. The molecule has 6 nitrogen and oxygen atoms in total. The lowest BCUT2D eigenvalue weighted by Crippen LogP contribution is -2.23. The molecule has 114 valence electrons. The van der Waals surface area contributed by atoms with Gasteiger partial charge < -0.3 is 14.4 Å². The van der Waals surface area contributed by atoms with Crippen molar-refractivity contribution in [3.8, 4) is 5.75 Å². The first-order valence-electron chi connectivity index (χ1n) is 6.35. The number of nitrogens with zero attached hydrogens (tertiary/aromatic N) is 1. The quantitative estimate of drug-likeness (QED) is 0.834. The normalized spacial score (nSPS) is 11.6. The number of methoxy groups -OCH3 is 1. The minimum Gasteiger partial charge on any atom is -0.496 e. The first kappa shape index (κ1) is 15.6. The summed E-state index contributed by atoms with van der Waals surface area (Å²) in [6.07, 6.45) is 1.47. The molecule has 0 saturated heterocycles. The molecule has 1 aromatic heterocycles. The number of hydrogen-bond acceptors (Lipinski definition) is 4. The molecule has 21 heavy (non-hydrogen) atoms. The molecule has 7 heteroatoms. The summed E-state index contributed by atoms with van der Waals surface area (Å²) in [6, 6.07) is 8.66. The standard InChI is InChI=1S/C14H18N2O4S/c1-16-9-13(7-12(16)10-17)21(18,19)15-8-11-5-3-4-6-14(11)20-2/h3-7,9,15,17H,8,10H2,1-2H3. The molecule has 0 fully saturated rings. The molecule has 0 aliphatic heterocycles. The third-order valence-electron chi connectivity index (χ3n) is 3.20. The Kier molecular flexibility index (Phi) is 4.66. The molecule has 0 radical (unpaired) electrons. The topological polar surface area (TPSA) is 80.6 Å². The van der Waals surface area contributed by atoms with Crippen molar-refractivity contribution in [3.63, 3.8) is 0 Å². The molecule has 2 rings (SSSR count). The van der Waals surface area contributed by atoms with Gasteiger partial charge in [0.15, 0.2) is 0 Å². The van der Waals surface area contributed by atoms with Gasteiger partial charge in [0, 0.05) is 31.0 Å². The first-order valence-corrected chi connectivity index (χ1v) is 7.84. The average molecular weight is 310 g/mol. The molecule has 0 aliphatic rings. The highest BCUT2D eigenvalue weighted by atomic mass is 32.2. The molecular weight excluding hydrogens is 292 g/mol. The van der Waals surface area contributed by atoms with Crippen LogP contribution >= 0.6 is 0 Å². The van der Waals surface area contributed by atoms with E-state index >= 15 is 0 Å². The van der Waals surface area contributed by atoms with Crippen LogP contribution in [0.25, 0.3) is 0 Å². The molecule has 0 saturated carbocycles.